The number of unbranched alkanes of at least 4 members (excludes halogenated alkanes) is 1. The fraction of sp³-hybridized carbons (Fsp3) is 1.00. The van der Waals surface area contributed by atoms with Gasteiger partial charge >= 0.3 is 0 Å². The van der Waals surface area contributed by atoms with Crippen LogP contribution in [0.4, 0.5) is 0 Å². The Morgan fingerprint density at radius 3 is 1.96 bits per heavy atom. The molecule has 6 fully saturated rings. The van der Waals surface area contributed by atoms with E-state index < -0.39 is 0 Å². The smallest absolute Gasteiger partial charge is 0.104 e. The summed E-state index contributed by atoms with van der Waals surface area (Å²) in [6, 6.07) is 0. The van der Waals surface area contributed by atoms with Gasteiger partial charge in [0.15, 0.2) is 0 Å². The van der Waals surface area contributed by atoms with Crippen LogP contribution < -0.4 is 0 Å². The molecule has 4 nitrogen and oxygen atoms in total. The molecule has 0 radical (unpaired) electrons. The third-order valence-corrected chi connectivity index (χ3v) is 7.10. The molecular weight excluding hydrogens is 304 g/mol. The van der Waals surface area contributed by atoms with Gasteiger partial charge in [0.05, 0.1) is 37.6 Å². The number of hydrogen-bond donors (Lipinski definition) is 0. The van der Waals surface area contributed by atoms with Crippen molar-refractivity contribution in [2.24, 2.45) is 11.3 Å². The molecule has 4 heteroatoms. The summed E-state index contributed by atoms with van der Waals surface area (Å²) in [5, 5.41) is 0. The minimum Gasteiger partial charge on any atom is -0.372 e. The van der Waals surface area contributed by atoms with Crippen molar-refractivity contribution in [3.05, 3.63) is 0 Å². The average Bonchev–Trinajstić information content (AvgIpc) is 3.43. The average molecular weight is 336 g/mol. The molecule has 4 unspecified atom stereocenters. The maximum Gasteiger partial charge on any atom is 0.104 e. The summed E-state index contributed by atoms with van der Waals surface area (Å²) in [6.07, 6.45) is 12.2. The van der Waals surface area contributed by atoms with Crippen molar-refractivity contribution in [3.63, 3.8) is 0 Å². The second-order valence-corrected chi connectivity index (χ2v) is 9.51. The van der Waals surface area contributed by atoms with E-state index in [1.165, 1.54) is 51.4 Å². The van der Waals surface area contributed by atoms with E-state index in [1.54, 1.807) is 0 Å². The first-order valence-electron chi connectivity index (χ1n) is 10.1. The molecule has 6 aliphatic rings. The molecule has 0 N–H and O–H groups in total. The van der Waals surface area contributed by atoms with E-state index in [-0.39, 0.29) is 11.2 Å². The van der Waals surface area contributed by atoms with Gasteiger partial charge in [0, 0.05) is 6.42 Å². The molecule has 2 heterocycles. The van der Waals surface area contributed by atoms with Crippen LogP contribution in [-0.2, 0) is 18.9 Å². The van der Waals surface area contributed by atoms with E-state index in [2.05, 4.69) is 6.92 Å². The zero-order valence-corrected chi connectivity index (χ0v) is 15.1. The molecule has 4 aliphatic carbocycles. The summed E-state index contributed by atoms with van der Waals surface area (Å²) in [5.41, 5.74) is 0.581. The van der Waals surface area contributed by atoms with Crippen molar-refractivity contribution < 1.29 is 18.9 Å². The van der Waals surface area contributed by atoms with E-state index in [4.69, 9.17) is 18.9 Å². The molecule has 4 bridgehead atoms. The first-order valence-corrected chi connectivity index (χ1v) is 10.1. The third-order valence-electron chi connectivity index (χ3n) is 7.10. The third kappa shape index (κ3) is 3.04. The second-order valence-electron chi connectivity index (χ2n) is 9.51. The Hall–Kier alpha value is -0.160. The van der Waals surface area contributed by atoms with Gasteiger partial charge in [-0.3, -0.25) is 0 Å². The summed E-state index contributed by atoms with van der Waals surface area (Å²) >= 11 is 0. The number of rotatable bonds is 9. The van der Waals surface area contributed by atoms with Crippen LogP contribution in [0.5, 0.6) is 0 Å². The monoisotopic (exact) mass is 336 g/mol. The first kappa shape index (κ1) is 16.0. The van der Waals surface area contributed by atoms with Gasteiger partial charge in [-0.25, -0.2) is 0 Å². The van der Waals surface area contributed by atoms with Crippen LogP contribution in [-0.4, -0.2) is 49.8 Å². The van der Waals surface area contributed by atoms with Crippen LogP contribution in [0, 0.1) is 11.3 Å². The number of ether oxygens (including phenoxy) is 4. The van der Waals surface area contributed by atoms with Crippen LogP contribution >= 0.6 is 0 Å². The van der Waals surface area contributed by atoms with E-state index in [0.717, 1.165) is 38.8 Å². The van der Waals surface area contributed by atoms with Crippen LogP contribution in [0.25, 0.3) is 0 Å². The Bertz CT molecular complexity index is 452. The zero-order valence-electron chi connectivity index (χ0n) is 15.1. The number of epoxide rings is 2. The van der Waals surface area contributed by atoms with E-state index in [9.17, 15) is 0 Å². The van der Waals surface area contributed by atoms with Gasteiger partial charge < -0.3 is 18.9 Å². The Morgan fingerprint density at radius 2 is 1.46 bits per heavy atom. The SMILES string of the molecule is CCCCC12CC3CC(OCC4CO4)(C1)CC(OCC1CO1)(C3)C2. The normalized spacial score (nSPS) is 51.1. The maximum absolute atomic E-state index is 6.58. The van der Waals surface area contributed by atoms with Crippen molar-refractivity contribution in [2.45, 2.75) is 88.1 Å². The minimum absolute atomic E-state index is 0.0590. The van der Waals surface area contributed by atoms with Crippen LogP contribution in [0.15, 0.2) is 0 Å². The first-order chi connectivity index (χ1) is 11.6. The number of hydrogen-bond acceptors (Lipinski definition) is 4. The van der Waals surface area contributed by atoms with E-state index >= 15 is 0 Å². The molecule has 4 atom stereocenters. The molecule has 24 heavy (non-hydrogen) atoms. The molecule has 0 aromatic carbocycles. The lowest BCUT2D eigenvalue weighted by molar-refractivity contribution is -0.264. The topological polar surface area (TPSA) is 43.5 Å². The van der Waals surface area contributed by atoms with Crippen LogP contribution in [0.1, 0.15) is 64.7 Å². The molecule has 0 aromatic heterocycles. The highest BCUT2D eigenvalue weighted by molar-refractivity contribution is 5.16. The largest absolute Gasteiger partial charge is 0.372 e. The van der Waals surface area contributed by atoms with Crippen molar-refractivity contribution >= 4 is 0 Å². The lowest BCUT2D eigenvalue weighted by atomic mass is 9.45. The highest BCUT2D eigenvalue weighted by Crippen LogP contribution is 2.66. The fourth-order valence-corrected chi connectivity index (χ4v) is 6.48. The highest BCUT2D eigenvalue weighted by atomic mass is 16.6. The van der Waals surface area contributed by atoms with Crippen LogP contribution in [0.3, 0.4) is 0 Å². The molecule has 136 valence electrons. The Kier molecular flexibility index (Phi) is 3.79. The van der Waals surface area contributed by atoms with Gasteiger partial charge in [-0.15, -0.1) is 0 Å². The standard InChI is InChI=1S/C20H32O4/c1-2-3-4-18-5-15-6-19(12-18,23-10-16-8-21-16)14-20(7-15,13-18)24-11-17-9-22-17/h15-17H,2-14H2,1H3. The fourth-order valence-electron chi connectivity index (χ4n) is 6.48. The second kappa shape index (κ2) is 5.67. The maximum atomic E-state index is 6.58. The van der Waals surface area contributed by atoms with Gasteiger partial charge in [0.2, 0.25) is 0 Å². The predicted octanol–water partition coefficient (Wildman–Crippen LogP) is 3.47. The molecule has 2 aliphatic heterocycles. The summed E-state index contributed by atoms with van der Waals surface area (Å²) in [7, 11) is 0. The van der Waals surface area contributed by atoms with Gasteiger partial charge in [0.1, 0.15) is 12.2 Å². The van der Waals surface area contributed by atoms with Crippen molar-refractivity contribution in [2.75, 3.05) is 26.4 Å². The Labute approximate surface area is 145 Å². The van der Waals surface area contributed by atoms with Crippen molar-refractivity contribution in [1.29, 1.82) is 0 Å². The summed E-state index contributed by atoms with van der Waals surface area (Å²) in [4.78, 5) is 0. The molecule has 0 amide bonds. The zero-order chi connectivity index (χ0) is 16.3. The predicted molar refractivity (Wildman–Crippen MR) is 90.0 cm³/mol. The van der Waals surface area contributed by atoms with Gasteiger partial charge in [0.25, 0.3) is 0 Å². The molecular formula is C20H32O4. The molecule has 0 spiro atoms. The summed E-state index contributed by atoms with van der Waals surface area (Å²) in [5.74, 6) is 0.790. The van der Waals surface area contributed by atoms with Crippen LogP contribution in [0.2, 0.25) is 0 Å². The lowest BCUT2D eigenvalue weighted by Gasteiger charge is -2.66. The minimum atomic E-state index is 0.0590. The van der Waals surface area contributed by atoms with Gasteiger partial charge in [-0.05, 0) is 49.9 Å². The highest BCUT2D eigenvalue weighted by Gasteiger charge is 2.64. The Morgan fingerprint density at radius 1 is 0.875 bits per heavy atom. The lowest BCUT2D eigenvalue weighted by Crippen LogP contribution is -2.65. The molecule has 2 saturated heterocycles. The quantitative estimate of drug-likeness (QED) is 0.605. The van der Waals surface area contributed by atoms with E-state index in [0.29, 0.717) is 17.6 Å². The van der Waals surface area contributed by atoms with Gasteiger partial charge in [-0.1, -0.05) is 19.8 Å². The van der Waals surface area contributed by atoms with Crippen molar-refractivity contribution in [3.8, 4) is 0 Å². The molecule has 6 rings (SSSR count). The van der Waals surface area contributed by atoms with Gasteiger partial charge in [-0.2, -0.15) is 0 Å². The summed E-state index contributed by atoms with van der Waals surface area (Å²) < 4.78 is 24.0. The Balaban J connectivity index is 1.37. The van der Waals surface area contributed by atoms with Crippen molar-refractivity contribution in [1.82, 2.24) is 0 Å². The molecule has 4 saturated carbocycles. The summed E-state index contributed by atoms with van der Waals surface area (Å²) in [6.45, 7) is 5.67. The van der Waals surface area contributed by atoms with E-state index in [1.807, 2.05) is 0 Å². The molecule has 0 aromatic rings.